The van der Waals surface area contributed by atoms with Gasteiger partial charge in [-0.05, 0) is 44.7 Å². The van der Waals surface area contributed by atoms with E-state index in [0.29, 0.717) is 17.7 Å². The molecule has 3 heteroatoms. The molecule has 0 aromatic heterocycles. The van der Waals surface area contributed by atoms with Crippen molar-refractivity contribution in [2.45, 2.75) is 39.5 Å². The van der Waals surface area contributed by atoms with Crippen molar-refractivity contribution in [3.05, 3.63) is 0 Å². The number of hydrogen-bond acceptors (Lipinski definition) is 2. The minimum Gasteiger partial charge on any atom is -0.342 e. The van der Waals surface area contributed by atoms with Crippen LogP contribution in [0.15, 0.2) is 0 Å². The summed E-state index contributed by atoms with van der Waals surface area (Å²) < 4.78 is 0. The number of likely N-dealkylation sites (tertiary alicyclic amines) is 1. The first-order valence-corrected chi connectivity index (χ1v) is 6.55. The van der Waals surface area contributed by atoms with Gasteiger partial charge in [0.2, 0.25) is 5.91 Å². The van der Waals surface area contributed by atoms with Gasteiger partial charge in [0.25, 0.3) is 0 Å². The van der Waals surface area contributed by atoms with Crippen LogP contribution >= 0.6 is 0 Å². The lowest BCUT2D eigenvalue weighted by atomic mass is 9.97. The molecule has 0 aromatic carbocycles. The van der Waals surface area contributed by atoms with Crippen molar-refractivity contribution in [2.75, 3.05) is 26.7 Å². The van der Waals surface area contributed by atoms with E-state index in [-0.39, 0.29) is 0 Å². The van der Waals surface area contributed by atoms with Gasteiger partial charge in [0.15, 0.2) is 0 Å². The van der Waals surface area contributed by atoms with Crippen molar-refractivity contribution < 1.29 is 4.79 Å². The summed E-state index contributed by atoms with van der Waals surface area (Å²) in [5.74, 6) is 1.64. The van der Waals surface area contributed by atoms with Crippen LogP contribution in [0.3, 0.4) is 0 Å². The minimum absolute atomic E-state index is 0.356. The molecule has 1 N–H and O–H groups in total. The lowest BCUT2D eigenvalue weighted by Crippen LogP contribution is -2.42. The summed E-state index contributed by atoms with van der Waals surface area (Å²) in [6.45, 7) is 7.31. The minimum atomic E-state index is 0.356. The molecule has 0 spiro atoms. The predicted octanol–water partition coefficient (Wildman–Crippen LogP) is 1.88. The number of carbonyl (C=O) groups is 1. The van der Waals surface area contributed by atoms with Crippen LogP contribution in [0.1, 0.15) is 39.5 Å². The largest absolute Gasteiger partial charge is 0.342 e. The zero-order valence-corrected chi connectivity index (χ0v) is 11.0. The molecule has 0 bridgehead atoms. The molecule has 1 fully saturated rings. The summed E-state index contributed by atoms with van der Waals surface area (Å²) in [5, 5.41) is 3.21. The van der Waals surface area contributed by atoms with Crippen LogP contribution < -0.4 is 5.32 Å². The maximum atomic E-state index is 12.0. The first-order valence-electron chi connectivity index (χ1n) is 6.55. The number of hydrogen-bond donors (Lipinski definition) is 1. The molecule has 1 aliphatic rings. The van der Waals surface area contributed by atoms with Crippen LogP contribution in [0.5, 0.6) is 0 Å². The number of rotatable bonds is 5. The third kappa shape index (κ3) is 4.52. The van der Waals surface area contributed by atoms with Crippen molar-refractivity contribution in [3.63, 3.8) is 0 Å². The molecule has 1 heterocycles. The van der Waals surface area contributed by atoms with Crippen LogP contribution in [0, 0.1) is 11.8 Å². The predicted molar refractivity (Wildman–Crippen MR) is 67.3 cm³/mol. The van der Waals surface area contributed by atoms with Gasteiger partial charge in [-0.2, -0.15) is 0 Å². The SMILES string of the molecule is CNCC1CCCN(C(=O)CCC(C)C)C1. The standard InChI is InChI=1S/C13H26N2O/c1-11(2)6-7-13(16)15-8-4-5-12(10-15)9-14-3/h11-12,14H,4-10H2,1-3H3. The Labute approximate surface area is 99.6 Å². The van der Waals surface area contributed by atoms with Crippen LogP contribution in [-0.4, -0.2) is 37.5 Å². The normalized spacial score (nSPS) is 21.5. The highest BCUT2D eigenvalue weighted by atomic mass is 16.2. The number of piperidine rings is 1. The molecule has 0 saturated carbocycles. The van der Waals surface area contributed by atoms with Crippen molar-refractivity contribution in [1.82, 2.24) is 10.2 Å². The van der Waals surface area contributed by atoms with E-state index in [9.17, 15) is 4.79 Å². The molecule has 16 heavy (non-hydrogen) atoms. The Bertz CT molecular complexity index is 214. The average molecular weight is 226 g/mol. The van der Waals surface area contributed by atoms with Gasteiger partial charge >= 0.3 is 0 Å². The first kappa shape index (κ1) is 13.5. The lowest BCUT2D eigenvalue weighted by Gasteiger charge is -2.33. The average Bonchev–Trinajstić information content (AvgIpc) is 2.26. The highest BCUT2D eigenvalue weighted by molar-refractivity contribution is 5.76. The third-order valence-electron chi connectivity index (χ3n) is 3.30. The Morgan fingerprint density at radius 3 is 2.88 bits per heavy atom. The smallest absolute Gasteiger partial charge is 0.222 e. The fourth-order valence-corrected chi connectivity index (χ4v) is 2.32. The molecule has 1 unspecified atom stereocenters. The molecule has 0 aliphatic carbocycles. The summed E-state index contributed by atoms with van der Waals surface area (Å²) in [7, 11) is 1.99. The van der Waals surface area contributed by atoms with E-state index in [4.69, 9.17) is 0 Å². The van der Waals surface area contributed by atoms with Crippen molar-refractivity contribution in [2.24, 2.45) is 11.8 Å². The van der Waals surface area contributed by atoms with Crippen LogP contribution in [0.4, 0.5) is 0 Å². The summed E-state index contributed by atoms with van der Waals surface area (Å²) in [6.07, 6.45) is 4.17. The Balaban J connectivity index is 2.32. The van der Waals surface area contributed by atoms with Crippen molar-refractivity contribution >= 4 is 5.91 Å². The fourth-order valence-electron chi connectivity index (χ4n) is 2.32. The number of carbonyl (C=O) groups excluding carboxylic acids is 1. The topological polar surface area (TPSA) is 32.3 Å². The Morgan fingerprint density at radius 1 is 1.50 bits per heavy atom. The molecule has 1 aliphatic heterocycles. The maximum Gasteiger partial charge on any atom is 0.222 e. The highest BCUT2D eigenvalue weighted by Crippen LogP contribution is 2.17. The van der Waals surface area contributed by atoms with Gasteiger partial charge in [0.1, 0.15) is 0 Å². The Hall–Kier alpha value is -0.570. The first-order chi connectivity index (χ1) is 7.63. The number of nitrogens with one attached hydrogen (secondary N) is 1. The number of amides is 1. The Morgan fingerprint density at radius 2 is 2.25 bits per heavy atom. The van der Waals surface area contributed by atoms with E-state index < -0.39 is 0 Å². The van der Waals surface area contributed by atoms with Gasteiger partial charge in [-0.1, -0.05) is 13.8 Å². The molecule has 1 atom stereocenters. The van der Waals surface area contributed by atoms with E-state index >= 15 is 0 Å². The summed E-state index contributed by atoms with van der Waals surface area (Å²) in [4.78, 5) is 14.0. The van der Waals surface area contributed by atoms with Crippen LogP contribution in [0.25, 0.3) is 0 Å². The molecule has 0 aromatic rings. The Kier molecular flexibility index (Phi) is 5.81. The second kappa shape index (κ2) is 6.89. The van der Waals surface area contributed by atoms with E-state index in [1.54, 1.807) is 0 Å². The molecule has 1 amide bonds. The number of nitrogens with zero attached hydrogens (tertiary/aromatic N) is 1. The third-order valence-corrected chi connectivity index (χ3v) is 3.30. The second-order valence-electron chi connectivity index (χ2n) is 5.34. The molecule has 3 nitrogen and oxygen atoms in total. The summed E-state index contributed by atoms with van der Waals surface area (Å²) in [5.41, 5.74) is 0. The molecule has 1 rings (SSSR count). The van der Waals surface area contributed by atoms with Gasteiger partial charge in [-0.3, -0.25) is 4.79 Å². The van der Waals surface area contributed by atoms with Crippen molar-refractivity contribution in [3.8, 4) is 0 Å². The van der Waals surface area contributed by atoms with Gasteiger partial charge in [0.05, 0.1) is 0 Å². The zero-order chi connectivity index (χ0) is 12.0. The highest BCUT2D eigenvalue weighted by Gasteiger charge is 2.22. The summed E-state index contributed by atoms with van der Waals surface area (Å²) >= 11 is 0. The van der Waals surface area contributed by atoms with Gasteiger partial charge in [0, 0.05) is 19.5 Å². The van der Waals surface area contributed by atoms with E-state index in [1.165, 1.54) is 12.8 Å². The molecular formula is C13H26N2O. The molecule has 1 saturated heterocycles. The fraction of sp³-hybridized carbons (Fsp3) is 0.923. The monoisotopic (exact) mass is 226 g/mol. The molecule has 94 valence electrons. The van der Waals surface area contributed by atoms with E-state index in [1.807, 2.05) is 7.05 Å². The maximum absolute atomic E-state index is 12.0. The van der Waals surface area contributed by atoms with Crippen LogP contribution in [0.2, 0.25) is 0 Å². The quantitative estimate of drug-likeness (QED) is 0.776. The van der Waals surface area contributed by atoms with Gasteiger partial charge in [-0.25, -0.2) is 0 Å². The van der Waals surface area contributed by atoms with Gasteiger partial charge < -0.3 is 10.2 Å². The lowest BCUT2D eigenvalue weighted by molar-refractivity contribution is -0.133. The van der Waals surface area contributed by atoms with Crippen molar-refractivity contribution in [1.29, 1.82) is 0 Å². The second-order valence-corrected chi connectivity index (χ2v) is 5.34. The van der Waals surface area contributed by atoms with E-state index in [0.717, 1.165) is 32.5 Å². The molecule has 0 radical (unpaired) electrons. The zero-order valence-electron chi connectivity index (χ0n) is 11.0. The van der Waals surface area contributed by atoms with Crippen LogP contribution in [-0.2, 0) is 4.79 Å². The summed E-state index contributed by atoms with van der Waals surface area (Å²) in [6, 6.07) is 0. The molecular weight excluding hydrogens is 200 g/mol. The van der Waals surface area contributed by atoms with E-state index in [2.05, 4.69) is 24.1 Å². The van der Waals surface area contributed by atoms with Gasteiger partial charge in [-0.15, -0.1) is 0 Å².